The molecule has 3 heteroatoms. The number of hydrogen-bond donors (Lipinski definition) is 0. The van der Waals surface area contributed by atoms with Crippen LogP contribution in [0.25, 0.3) is 0 Å². The maximum atomic E-state index is 12.6. The van der Waals surface area contributed by atoms with Gasteiger partial charge in [-0.15, -0.1) is 11.6 Å². The average Bonchev–Trinajstić information content (AvgIpc) is 2.94. The maximum absolute atomic E-state index is 12.6. The predicted molar refractivity (Wildman–Crippen MR) is 73.6 cm³/mol. The van der Waals surface area contributed by atoms with E-state index in [9.17, 15) is 4.79 Å². The third-order valence-electron chi connectivity index (χ3n) is 5.27. The highest BCUT2D eigenvalue weighted by Crippen LogP contribution is 2.56. The molecule has 18 heavy (non-hydrogen) atoms. The molecule has 0 aromatic heterocycles. The van der Waals surface area contributed by atoms with Crippen molar-refractivity contribution in [2.24, 2.45) is 17.8 Å². The Balaban J connectivity index is 1.58. The molecule has 3 atom stereocenters. The van der Waals surface area contributed by atoms with Crippen molar-refractivity contribution in [2.45, 2.75) is 57.4 Å². The zero-order valence-corrected chi connectivity index (χ0v) is 11.9. The lowest BCUT2D eigenvalue weighted by Crippen LogP contribution is -2.37. The number of halogens is 1. The molecule has 0 N–H and O–H groups in total. The van der Waals surface area contributed by atoms with Crippen molar-refractivity contribution in [1.29, 1.82) is 0 Å². The van der Waals surface area contributed by atoms with Crippen molar-refractivity contribution in [3.8, 4) is 0 Å². The highest BCUT2D eigenvalue weighted by atomic mass is 35.5. The monoisotopic (exact) mass is 269 g/mol. The van der Waals surface area contributed by atoms with E-state index in [4.69, 9.17) is 11.6 Å². The van der Waals surface area contributed by atoms with Gasteiger partial charge >= 0.3 is 0 Å². The molecule has 3 unspecified atom stereocenters. The zero-order chi connectivity index (χ0) is 12.5. The highest BCUT2D eigenvalue weighted by molar-refractivity contribution is 6.17. The smallest absolute Gasteiger partial charge is 0.226 e. The van der Waals surface area contributed by atoms with Gasteiger partial charge in [-0.1, -0.05) is 12.8 Å². The summed E-state index contributed by atoms with van der Waals surface area (Å²) in [6.07, 6.45) is 9.86. The Labute approximate surface area is 115 Å². The first-order valence-electron chi connectivity index (χ1n) is 7.69. The summed E-state index contributed by atoms with van der Waals surface area (Å²) in [5.74, 6) is 3.13. The topological polar surface area (TPSA) is 20.3 Å². The molecular formula is C15H24ClNO. The van der Waals surface area contributed by atoms with Crippen LogP contribution in [0.15, 0.2) is 0 Å². The van der Waals surface area contributed by atoms with Gasteiger partial charge in [0, 0.05) is 24.4 Å². The molecular weight excluding hydrogens is 246 g/mol. The van der Waals surface area contributed by atoms with Crippen LogP contribution in [0, 0.1) is 17.8 Å². The molecule has 0 bridgehead atoms. The third kappa shape index (κ3) is 2.29. The second-order valence-corrected chi connectivity index (χ2v) is 6.67. The summed E-state index contributed by atoms with van der Waals surface area (Å²) in [6, 6.07) is 0.499. The number of alkyl halides is 1. The molecule has 1 heterocycles. The van der Waals surface area contributed by atoms with Crippen molar-refractivity contribution in [2.75, 3.05) is 12.4 Å². The number of nitrogens with zero attached hydrogens (tertiary/aromatic N) is 1. The fraction of sp³-hybridized carbons (Fsp3) is 0.933. The van der Waals surface area contributed by atoms with Crippen LogP contribution in [0.5, 0.6) is 0 Å². The van der Waals surface area contributed by atoms with Gasteiger partial charge < -0.3 is 4.90 Å². The lowest BCUT2D eigenvalue weighted by atomic mass is 10.0. The van der Waals surface area contributed by atoms with Gasteiger partial charge in [0.25, 0.3) is 0 Å². The van der Waals surface area contributed by atoms with Crippen LogP contribution < -0.4 is 0 Å². The summed E-state index contributed by atoms with van der Waals surface area (Å²) in [5, 5.41) is 0. The molecule has 0 aromatic carbocycles. The first kappa shape index (κ1) is 12.8. The van der Waals surface area contributed by atoms with Crippen molar-refractivity contribution >= 4 is 17.5 Å². The average molecular weight is 270 g/mol. The minimum atomic E-state index is 0.407. The van der Waals surface area contributed by atoms with Crippen molar-refractivity contribution in [3.05, 3.63) is 0 Å². The van der Waals surface area contributed by atoms with E-state index >= 15 is 0 Å². The number of likely N-dealkylation sites (tertiary alicyclic amines) is 1. The minimum Gasteiger partial charge on any atom is -0.339 e. The Morgan fingerprint density at radius 3 is 2.50 bits per heavy atom. The van der Waals surface area contributed by atoms with Gasteiger partial charge in [0.1, 0.15) is 0 Å². The quantitative estimate of drug-likeness (QED) is 0.716. The SMILES string of the molecule is O=C(C1C2CCCCC21)N1CCCC1CCCCl. The van der Waals surface area contributed by atoms with Crippen LogP contribution in [0.3, 0.4) is 0 Å². The van der Waals surface area contributed by atoms with Gasteiger partial charge in [-0.3, -0.25) is 4.79 Å². The van der Waals surface area contributed by atoms with Crippen LogP contribution in [0.2, 0.25) is 0 Å². The van der Waals surface area contributed by atoms with Gasteiger partial charge in [-0.05, 0) is 50.4 Å². The Morgan fingerprint density at radius 2 is 1.83 bits per heavy atom. The summed E-state index contributed by atoms with van der Waals surface area (Å²) in [4.78, 5) is 14.8. The van der Waals surface area contributed by atoms with Crippen LogP contribution in [0.4, 0.5) is 0 Å². The predicted octanol–water partition coefficient (Wildman–Crippen LogP) is 3.43. The van der Waals surface area contributed by atoms with Gasteiger partial charge in [0.15, 0.2) is 0 Å². The fourth-order valence-corrected chi connectivity index (χ4v) is 4.44. The third-order valence-corrected chi connectivity index (χ3v) is 5.54. The van der Waals surface area contributed by atoms with Crippen LogP contribution in [-0.4, -0.2) is 29.3 Å². The highest BCUT2D eigenvalue weighted by Gasteiger charge is 2.56. The molecule has 3 fully saturated rings. The maximum Gasteiger partial charge on any atom is 0.226 e. The molecule has 2 aliphatic carbocycles. The van der Waals surface area contributed by atoms with Gasteiger partial charge in [-0.25, -0.2) is 0 Å². The molecule has 0 aromatic rings. The first-order chi connectivity index (χ1) is 8.83. The normalized spacial score (nSPS) is 38.6. The molecule has 3 rings (SSSR count). The second-order valence-electron chi connectivity index (χ2n) is 6.30. The molecule has 2 saturated carbocycles. The van der Waals surface area contributed by atoms with E-state index in [1.807, 2.05) is 0 Å². The summed E-state index contributed by atoms with van der Waals surface area (Å²) in [6.45, 7) is 1.00. The van der Waals surface area contributed by atoms with Gasteiger partial charge in [-0.2, -0.15) is 0 Å². The molecule has 1 amide bonds. The number of carbonyl (C=O) groups excluding carboxylic acids is 1. The number of carbonyl (C=O) groups is 1. The van der Waals surface area contributed by atoms with Crippen LogP contribution in [-0.2, 0) is 4.79 Å². The number of hydrogen-bond acceptors (Lipinski definition) is 1. The van der Waals surface area contributed by atoms with E-state index in [1.54, 1.807) is 0 Å². The van der Waals surface area contributed by atoms with E-state index < -0.39 is 0 Å². The standard InChI is InChI=1S/C15H24ClNO/c16-9-3-5-11-6-4-10-17(11)15(18)14-12-7-1-2-8-13(12)14/h11-14H,1-10H2. The summed E-state index contributed by atoms with van der Waals surface area (Å²) >= 11 is 5.78. The number of amides is 1. The van der Waals surface area contributed by atoms with Crippen molar-refractivity contribution < 1.29 is 4.79 Å². The molecule has 1 aliphatic heterocycles. The summed E-state index contributed by atoms with van der Waals surface area (Å²) in [7, 11) is 0. The Morgan fingerprint density at radius 1 is 1.11 bits per heavy atom. The summed E-state index contributed by atoms with van der Waals surface area (Å²) in [5.41, 5.74) is 0. The first-order valence-corrected chi connectivity index (χ1v) is 8.23. The van der Waals surface area contributed by atoms with E-state index in [2.05, 4.69) is 4.90 Å². The molecule has 2 nitrogen and oxygen atoms in total. The molecule has 102 valence electrons. The molecule has 0 radical (unpaired) electrons. The number of fused-ring (bicyclic) bond motifs is 1. The van der Waals surface area contributed by atoms with Gasteiger partial charge in [0.2, 0.25) is 5.91 Å². The van der Waals surface area contributed by atoms with E-state index in [-0.39, 0.29) is 0 Å². The summed E-state index contributed by atoms with van der Waals surface area (Å²) < 4.78 is 0. The Hall–Kier alpha value is -0.240. The Bertz CT molecular complexity index is 308. The minimum absolute atomic E-state index is 0.407. The second kappa shape index (κ2) is 5.40. The zero-order valence-electron chi connectivity index (χ0n) is 11.1. The lowest BCUT2D eigenvalue weighted by molar-refractivity contribution is -0.134. The fourth-order valence-electron chi connectivity index (χ4n) is 4.29. The van der Waals surface area contributed by atoms with Crippen molar-refractivity contribution in [3.63, 3.8) is 0 Å². The molecule has 3 aliphatic rings. The van der Waals surface area contributed by atoms with Crippen LogP contribution in [0.1, 0.15) is 51.4 Å². The lowest BCUT2D eigenvalue weighted by Gasteiger charge is -2.25. The van der Waals surface area contributed by atoms with Crippen LogP contribution >= 0.6 is 11.6 Å². The van der Waals surface area contributed by atoms with Gasteiger partial charge in [0.05, 0.1) is 0 Å². The molecule has 0 spiro atoms. The Kier molecular flexibility index (Phi) is 3.83. The van der Waals surface area contributed by atoms with E-state index in [1.165, 1.54) is 38.5 Å². The largest absolute Gasteiger partial charge is 0.339 e. The van der Waals surface area contributed by atoms with E-state index in [0.29, 0.717) is 17.9 Å². The van der Waals surface area contributed by atoms with Crippen molar-refractivity contribution in [1.82, 2.24) is 4.90 Å². The van der Waals surface area contributed by atoms with E-state index in [0.717, 1.165) is 37.1 Å². The molecule has 1 saturated heterocycles. The number of rotatable bonds is 4.